The molecule has 198 valence electrons. The fourth-order valence-electron chi connectivity index (χ4n) is 8.93. The minimum atomic E-state index is -2.13. The number of nitrogens with one attached hydrogen (secondary N) is 1. The third kappa shape index (κ3) is 2.95. The van der Waals surface area contributed by atoms with Gasteiger partial charge in [0.2, 0.25) is 5.91 Å². The Morgan fingerprint density at radius 1 is 1.27 bits per heavy atom. The fourth-order valence-corrected chi connectivity index (χ4v) is 8.93. The second-order valence-electron chi connectivity index (χ2n) is 12.0. The molecule has 1 spiro atoms. The van der Waals surface area contributed by atoms with Crippen LogP contribution in [0.3, 0.4) is 0 Å². The van der Waals surface area contributed by atoms with Gasteiger partial charge in [0.1, 0.15) is 11.5 Å². The van der Waals surface area contributed by atoms with E-state index in [9.17, 15) is 19.8 Å². The van der Waals surface area contributed by atoms with Crippen LogP contribution in [0.25, 0.3) is 0 Å². The number of hydrogen-bond acceptors (Lipinski definition) is 6. The van der Waals surface area contributed by atoms with Crippen molar-refractivity contribution in [2.75, 3.05) is 14.2 Å². The Morgan fingerprint density at radius 3 is 2.73 bits per heavy atom. The van der Waals surface area contributed by atoms with Crippen LogP contribution < -0.4 is 14.8 Å². The Bertz CT molecular complexity index is 1250. The van der Waals surface area contributed by atoms with Gasteiger partial charge in [0, 0.05) is 24.1 Å². The minimum absolute atomic E-state index is 0.0632. The first-order chi connectivity index (χ1) is 17.4. The summed E-state index contributed by atoms with van der Waals surface area (Å²) in [6.45, 7) is 6.27. The number of Topliss-reactive ketones (excluding diaryl/α,β-unsaturated/α-hetero) is 1. The van der Waals surface area contributed by atoms with Gasteiger partial charge in [-0.05, 0) is 61.1 Å². The summed E-state index contributed by atoms with van der Waals surface area (Å²) in [5, 5.41) is 33.4. The first-order valence-corrected chi connectivity index (χ1v) is 13.1. The predicted octanol–water partition coefficient (Wildman–Crippen LogP) is 1.99. The summed E-state index contributed by atoms with van der Waals surface area (Å²) in [6, 6.07) is 5.43. The second-order valence-corrected chi connectivity index (χ2v) is 12.0. The number of aliphatic hydroxyl groups is 2. The van der Waals surface area contributed by atoms with E-state index in [2.05, 4.69) is 18.0 Å². The van der Waals surface area contributed by atoms with Gasteiger partial charge in [-0.1, -0.05) is 25.2 Å². The number of rotatable bonds is 5. The molecule has 5 aliphatic rings. The summed E-state index contributed by atoms with van der Waals surface area (Å²) in [6.07, 6.45) is 4.83. The van der Waals surface area contributed by atoms with Crippen LogP contribution in [0.1, 0.15) is 44.6 Å². The van der Waals surface area contributed by atoms with Crippen LogP contribution in [0, 0.1) is 34.5 Å². The number of amides is 1. The maximum absolute atomic E-state index is 14.2. The normalized spacial score (nSPS) is 43.2. The number of ketones is 1. The Labute approximate surface area is 216 Å². The molecule has 3 unspecified atom stereocenters. The molecular weight excluding hydrogens is 474 g/mol. The van der Waals surface area contributed by atoms with Gasteiger partial charge in [-0.3, -0.25) is 9.59 Å². The molecule has 0 saturated heterocycles. The van der Waals surface area contributed by atoms with E-state index in [1.165, 1.54) is 0 Å². The highest BCUT2D eigenvalue weighted by molar-refractivity contribution is 6.00. The van der Waals surface area contributed by atoms with E-state index >= 15 is 0 Å². The van der Waals surface area contributed by atoms with Gasteiger partial charge >= 0.3 is 5.79 Å². The van der Waals surface area contributed by atoms with E-state index < -0.39 is 45.8 Å². The maximum Gasteiger partial charge on any atom is 0.337 e. The van der Waals surface area contributed by atoms with E-state index in [1.807, 2.05) is 19.1 Å². The van der Waals surface area contributed by atoms with Gasteiger partial charge in [-0.15, -0.1) is 0 Å². The number of benzene rings is 1. The van der Waals surface area contributed by atoms with Gasteiger partial charge in [0.15, 0.2) is 0 Å². The van der Waals surface area contributed by atoms with Crippen molar-refractivity contribution in [1.29, 1.82) is 0 Å². The standard InChI is InChI=1S/C29H35NO7/c1-15-12-27-14-28(15,33)10-9-19(27)18-7-8-21-26(2,25(32)29(21,34)35)22(18)23(27)24(31)30-13-16-5-6-17(36-3)11-20(16)37-4/h5-7,11,19,21-23,33-35H,1,8-10,12-14H2,2-4H3,(H,30,31)/p+1/t19?,21-,22?,23+,26+,27-,28-/m0/s1. The average molecular weight is 511 g/mol. The lowest BCUT2D eigenvalue weighted by atomic mass is 9.45. The Hall–Kier alpha value is -2.68. The van der Waals surface area contributed by atoms with Crippen LogP contribution in [-0.2, 0) is 16.1 Å². The molecule has 1 aromatic rings. The highest BCUT2D eigenvalue weighted by atomic mass is 16.5. The number of carbonyl (C=O) groups is 2. The van der Waals surface area contributed by atoms with E-state index in [0.29, 0.717) is 37.2 Å². The molecule has 4 saturated carbocycles. The van der Waals surface area contributed by atoms with Crippen molar-refractivity contribution in [3.63, 3.8) is 0 Å². The number of ether oxygens (including phenoxy) is 2. The third-order valence-electron chi connectivity index (χ3n) is 10.6. The van der Waals surface area contributed by atoms with Gasteiger partial charge in [0.25, 0.3) is 5.78 Å². The molecule has 1 aromatic carbocycles. The van der Waals surface area contributed by atoms with Crippen molar-refractivity contribution in [1.82, 2.24) is 5.32 Å². The van der Waals surface area contributed by atoms with Crippen molar-refractivity contribution in [2.24, 2.45) is 34.5 Å². The molecule has 1 amide bonds. The van der Waals surface area contributed by atoms with E-state index in [0.717, 1.165) is 23.1 Å². The Balaban J connectivity index is 1.39. The molecule has 37 heavy (non-hydrogen) atoms. The highest BCUT2D eigenvalue weighted by Gasteiger charge is 2.81. The molecule has 0 heterocycles. The molecule has 8 nitrogen and oxygen atoms in total. The molecule has 2 bridgehead atoms. The van der Waals surface area contributed by atoms with Crippen LogP contribution in [0.2, 0.25) is 0 Å². The molecule has 8 atom stereocenters. The summed E-state index contributed by atoms with van der Waals surface area (Å²) in [5.74, 6) is -3.04. The first kappa shape index (κ1) is 24.6. The zero-order valence-electron chi connectivity index (χ0n) is 21.6. The molecule has 5 aliphatic carbocycles. The fraction of sp³-hybridized carbons (Fsp3) is 0.586. The van der Waals surface area contributed by atoms with Gasteiger partial charge < -0.3 is 30.1 Å². The van der Waals surface area contributed by atoms with Gasteiger partial charge in [0.05, 0.1) is 37.1 Å². The third-order valence-corrected chi connectivity index (χ3v) is 10.6. The minimum Gasteiger partial charge on any atom is -0.497 e. The monoisotopic (exact) mass is 510 g/mol. The van der Waals surface area contributed by atoms with E-state index in [4.69, 9.17) is 14.6 Å². The number of carbonyl (C=O) groups excluding carboxylic acids is 2. The molecule has 0 aromatic heterocycles. The summed E-state index contributed by atoms with van der Waals surface area (Å²) < 4.78 is 10.8. The van der Waals surface area contributed by atoms with Crippen LogP contribution >= 0.6 is 0 Å². The SMILES string of the molecule is C=C1C[C@]23C[C@@]1(O)CCC2C1=CC[C@@H]2C(O)([OH2+])C(=O)[C@@]2(C)C1[C@@H]3C(=O)NCc1ccc(OC)cc1OC. The van der Waals surface area contributed by atoms with E-state index in [-0.39, 0.29) is 18.4 Å². The van der Waals surface area contributed by atoms with Crippen LogP contribution in [0.15, 0.2) is 42.0 Å². The van der Waals surface area contributed by atoms with Crippen molar-refractivity contribution in [3.05, 3.63) is 47.6 Å². The summed E-state index contributed by atoms with van der Waals surface area (Å²) in [7, 11) is 3.15. The molecule has 8 heteroatoms. The van der Waals surface area contributed by atoms with Crippen molar-refractivity contribution in [2.45, 2.75) is 57.0 Å². The number of fused-ring (bicyclic) bond motifs is 5. The summed E-state index contributed by atoms with van der Waals surface area (Å²) in [5.41, 5.74) is 0.131. The van der Waals surface area contributed by atoms with Gasteiger partial charge in [-0.25, -0.2) is 0 Å². The van der Waals surface area contributed by atoms with E-state index in [1.54, 1.807) is 20.3 Å². The molecule has 0 radical (unpaired) electrons. The Morgan fingerprint density at radius 2 is 2.03 bits per heavy atom. The maximum atomic E-state index is 14.2. The van der Waals surface area contributed by atoms with Crippen LogP contribution in [0.5, 0.6) is 11.5 Å². The molecular formula is C29H36NO7+. The summed E-state index contributed by atoms with van der Waals surface area (Å²) in [4.78, 5) is 27.5. The number of allylic oxidation sites excluding steroid dienone is 2. The van der Waals surface area contributed by atoms with Gasteiger partial charge in [-0.2, -0.15) is 0 Å². The number of hydrogen-bond donors (Lipinski definition) is 3. The average Bonchev–Trinajstić information content (AvgIpc) is 3.27. The Kier molecular flexibility index (Phi) is 5.12. The van der Waals surface area contributed by atoms with Crippen molar-refractivity contribution in [3.8, 4) is 11.5 Å². The topological polar surface area (TPSA) is 128 Å². The number of methoxy groups -OCH3 is 2. The molecule has 5 N–H and O–H groups in total. The highest BCUT2D eigenvalue weighted by Crippen LogP contribution is 2.76. The lowest BCUT2D eigenvalue weighted by molar-refractivity contribution is -0.278. The van der Waals surface area contributed by atoms with Crippen LogP contribution in [0.4, 0.5) is 0 Å². The van der Waals surface area contributed by atoms with Crippen LogP contribution in [-0.4, -0.2) is 52.6 Å². The zero-order valence-corrected chi connectivity index (χ0v) is 21.6. The summed E-state index contributed by atoms with van der Waals surface area (Å²) >= 11 is 0. The predicted molar refractivity (Wildman–Crippen MR) is 135 cm³/mol. The molecule has 6 rings (SSSR count). The molecule has 4 fully saturated rings. The lowest BCUT2D eigenvalue weighted by Gasteiger charge is -2.56. The largest absolute Gasteiger partial charge is 0.497 e. The second kappa shape index (κ2) is 7.68. The smallest absolute Gasteiger partial charge is 0.337 e. The van der Waals surface area contributed by atoms with Crippen molar-refractivity contribution >= 4 is 11.7 Å². The quantitative estimate of drug-likeness (QED) is 0.316. The van der Waals surface area contributed by atoms with Crippen molar-refractivity contribution < 1.29 is 34.4 Å². The molecule has 0 aliphatic heterocycles. The lowest BCUT2D eigenvalue weighted by Crippen LogP contribution is -2.73. The first-order valence-electron chi connectivity index (χ1n) is 13.1. The zero-order chi connectivity index (χ0) is 26.5.